The summed E-state index contributed by atoms with van der Waals surface area (Å²) < 4.78 is 0. The molecular formula is C4H11Sb. The summed E-state index contributed by atoms with van der Waals surface area (Å²) in [4.78, 5) is 0. The van der Waals surface area contributed by atoms with Crippen molar-refractivity contribution >= 4 is 24.4 Å². The summed E-state index contributed by atoms with van der Waals surface area (Å²) in [5, 5.41) is 0. The first kappa shape index (κ1) is 9.12. The number of allylic oxidation sites excluding steroid dienone is 2. The molecule has 0 radical (unpaired) electrons. The van der Waals surface area contributed by atoms with Crippen LogP contribution in [0.2, 0.25) is 0 Å². The Morgan fingerprint density at radius 1 is 1.00 bits per heavy atom. The number of hydrogen-bond donors (Lipinski definition) is 0. The van der Waals surface area contributed by atoms with E-state index in [1.165, 1.54) is 0 Å². The first-order valence-corrected chi connectivity index (χ1v) is 1.49. The number of rotatable bonds is 0. The summed E-state index contributed by atoms with van der Waals surface area (Å²) >= 11 is 0. The Morgan fingerprint density at radius 2 is 1.20 bits per heavy atom. The van der Waals surface area contributed by atoms with Crippen molar-refractivity contribution in [3.63, 3.8) is 0 Å². The minimum atomic E-state index is 0. The number of hydrogen-bond acceptors (Lipinski definition) is 0. The second-order valence-electron chi connectivity index (χ2n) is 0.667. The van der Waals surface area contributed by atoms with E-state index in [0.29, 0.717) is 0 Å². The Labute approximate surface area is 50.7 Å². The Morgan fingerprint density at radius 3 is 1.20 bits per heavy atom. The zero-order valence-electron chi connectivity index (χ0n) is 3.86. The third-order valence-electron chi connectivity index (χ3n) is 0.333. The third-order valence-corrected chi connectivity index (χ3v) is 0.333. The minimum absolute atomic E-state index is 0. The summed E-state index contributed by atoms with van der Waals surface area (Å²) in [6.07, 6.45) is 4.00. The van der Waals surface area contributed by atoms with Gasteiger partial charge in [-0.15, -0.1) is 0 Å². The van der Waals surface area contributed by atoms with Gasteiger partial charge in [-0.3, -0.25) is 0 Å². The van der Waals surface area contributed by atoms with Crippen molar-refractivity contribution in [2.75, 3.05) is 0 Å². The molecule has 0 aliphatic heterocycles. The van der Waals surface area contributed by atoms with Gasteiger partial charge >= 0.3 is 24.4 Å². The quantitative estimate of drug-likeness (QED) is 0.374. The summed E-state index contributed by atoms with van der Waals surface area (Å²) in [7, 11) is 0. The van der Waals surface area contributed by atoms with Gasteiger partial charge in [0, 0.05) is 0 Å². The molecule has 0 aliphatic carbocycles. The maximum atomic E-state index is 2.00. The molecule has 0 fully saturated rings. The molecule has 0 bridgehead atoms. The van der Waals surface area contributed by atoms with E-state index in [4.69, 9.17) is 0 Å². The molecule has 32 valence electrons. The van der Waals surface area contributed by atoms with Gasteiger partial charge in [0.1, 0.15) is 0 Å². The molecule has 1 heteroatoms. The van der Waals surface area contributed by atoms with Crippen LogP contribution >= 0.6 is 0 Å². The van der Waals surface area contributed by atoms with Crippen LogP contribution in [0.4, 0.5) is 0 Å². The van der Waals surface area contributed by atoms with Gasteiger partial charge in [-0.25, -0.2) is 0 Å². The predicted octanol–water partition coefficient (Wildman–Crippen LogP) is 0.398. The van der Waals surface area contributed by atoms with Gasteiger partial charge in [-0.1, -0.05) is 12.2 Å². The van der Waals surface area contributed by atoms with Crippen LogP contribution in [0, 0.1) is 0 Å². The zero-order valence-corrected chi connectivity index (χ0v) is 7.90. The van der Waals surface area contributed by atoms with Crippen molar-refractivity contribution < 1.29 is 0 Å². The molecule has 0 heterocycles. The van der Waals surface area contributed by atoms with E-state index in [-0.39, 0.29) is 24.4 Å². The Bertz CT molecular complexity index is 18.8. The molecule has 0 N–H and O–H groups in total. The van der Waals surface area contributed by atoms with Crippen LogP contribution in [0.1, 0.15) is 13.8 Å². The van der Waals surface area contributed by atoms with Crippen molar-refractivity contribution in [1.82, 2.24) is 0 Å². The fourth-order valence-corrected chi connectivity index (χ4v) is 0. The van der Waals surface area contributed by atoms with E-state index in [9.17, 15) is 0 Å². The van der Waals surface area contributed by atoms with Crippen molar-refractivity contribution in [2.24, 2.45) is 0 Å². The van der Waals surface area contributed by atoms with E-state index in [2.05, 4.69) is 0 Å². The van der Waals surface area contributed by atoms with Gasteiger partial charge in [0.15, 0.2) is 0 Å². The molecule has 0 aliphatic rings. The molecule has 0 saturated heterocycles. The molecule has 0 aromatic heterocycles. The van der Waals surface area contributed by atoms with E-state index in [1.807, 2.05) is 26.0 Å². The molecule has 0 spiro atoms. The third kappa shape index (κ3) is 12.3. The van der Waals surface area contributed by atoms with Crippen molar-refractivity contribution in [1.29, 1.82) is 0 Å². The van der Waals surface area contributed by atoms with Crippen LogP contribution in [0.5, 0.6) is 0 Å². The van der Waals surface area contributed by atoms with Crippen LogP contribution < -0.4 is 0 Å². The molecule has 0 aromatic rings. The molecular weight excluding hydrogens is 170 g/mol. The van der Waals surface area contributed by atoms with E-state index in [1.54, 1.807) is 0 Å². The summed E-state index contributed by atoms with van der Waals surface area (Å²) in [6, 6.07) is 0. The van der Waals surface area contributed by atoms with E-state index >= 15 is 0 Å². The van der Waals surface area contributed by atoms with Crippen LogP contribution in [-0.4, -0.2) is 24.4 Å². The van der Waals surface area contributed by atoms with Gasteiger partial charge < -0.3 is 0 Å². The monoisotopic (exact) mass is 180 g/mol. The fraction of sp³-hybridized carbons (Fsp3) is 0.500. The average Bonchev–Trinajstić information content (AvgIpc) is 1.37. The van der Waals surface area contributed by atoms with Gasteiger partial charge in [-0.05, 0) is 13.8 Å². The first-order chi connectivity index (χ1) is 1.91. The molecule has 0 nitrogen and oxygen atoms in total. The fourth-order valence-electron chi connectivity index (χ4n) is 0. The standard InChI is InChI=1S/C4H8.Sb.3H/c1-3-4-2;;;;/h3-4H,1-2H3;;;;. The zero-order chi connectivity index (χ0) is 3.41. The molecule has 0 rings (SSSR count). The molecule has 0 saturated carbocycles. The normalized spacial score (nSPS) is 7.60. The second kappa shape index (κ2) is 8.82. The Balaban J connectivity index is 0. The van der Waals surface area contributed by atoms with Crippen LogP contribution in [0.25, 0.3) is 0 Å². The van der Waals surface area contributed by atoms with Crippen molar-refractivity contribution in [3.8, 4) is 0 Å². The summed E-state index contributed by atoms with van der Waals surface area (Å²) in [6.45, 7) is 4.00. The van der Waals surface area contributed by atoms with Crippen molar-refractivity contribution in [3.05, 3.63) is 12.2 Å². The average molecular weight is 181 g/mol. The van der Waals surface area contributed by atoms with Crippen LogP contribution in [-0.2, 0) is 0 Å². The first-order valence-electron chi connectivity index (χ1n) is 1.49. The molecule has 0 atom stereocenters. The van der Waals surface area contributed by atoms with E-state index in [0.717, 1.165) is 0 Å². The van der Waals surface area contributed by atoms with Gasteiger partial charge in [0.05, 0.1) is 0 Å². The van der Waals surface area contributed by atoms with Crippen molar-refractivity contribution in [2.45, 2.75) is 13.8 Å². The van der Waals surface area contributed by atoms with E-state index < -0.39 is 0 Å². The van der Waals surface area contributed by atoms with Gasteiger partial charge in [0.2, 0.25) is 0 Å². The Hall–Kier alpha value is 0.558. The molecule has 0 amide bonds. The van der Waals surface area contributed by atoms with Gasteiger partial charge in [-0.2, -0.15) is 0 Å². The topological polar surface area (TPSA) is 0 Å². The maximum absolute atomic E-state index is 2.00. The SMILES string of the molecule is CC=CC.[SbH3]. The molecule has 0 unspecified atom stereocenters. The van der Waals surface area contributed by atoms with Crippen LogP contribution in [0.15, 0.2) is 12.2 Å². The second-order valence-corrected chi connectivity index (χ2v) is 0.667. The van der Waals surface area contributed by atoms with Crippen LogP contribution in [0.3, 0.4) is 0 Å². The summed E-state index contributed by atoms with van der Waals surface area (Å²) in [5.74, 6) is 0. The molecule has 5 heavy (non-hydrogen) atoms. The predicted molar refractivity (Wildman–Crippen MR) is 30.4 cm³/mol. The Kier molecular flexibility index (Phi) is 16.1. The molecule has 0 aromatic carbocycles. The summed E-state index contributed by atoms with van der Waals surface area (Å²) in [5.41, 5.74) is 0. The van der Waals surface area contributed by atoms with Gasteiger partial charge in [0.25, 0.3) is 0 Å².